The Bertz CT molecular complexity index is 2810. The number of hydrogen-bond acceptors (Lipinski definition) is 10. The number of carbonyl (C=O) groups is 4. The quantitative estimate of drug-likeness (QED) is 0.0573. The van der Waals surface area contributed by atoms with E-state index in [-0.39, 0.29) is 53.7 Å². The van der Waals surface area contributed by atoms with Crippen molar-refractivity contribution in [3.8, 4) is 17.2 Å². The molecule has 5 aromatic rings. The molecule has 4 aliphatic heterocycles. The fourth-order valence-electron chi connectivity index (χ4n) is 10.3. The Balaban J connectivity index is 0.916. The van der Waals surface area contributed by atoms with Gasteiger partial charge in [-0.05, 0) is 159 Å². The summed E-state index contributed by atoms with van der Waals surface area (Å²) in [6.45, 7) is 6.60. The van der Waals surface area contributed by atoms with Crippen molar-refractivity contribution in [1.29, 1.82) is 0 Å². The molecule has 0 fully saturated rings. The predicted molar refractivity (Wildman–Crippen MR) is 279 cm³/mol. The first-order chi connectivity index (χ1) is 33.8. The van der Waals surface area contributed by atoms with Crippen molar-refractivity contribution in [2.75, 3.05) is 35.0 Å². The van der Waals surface area contributed by atoms with Crippen LogP contribution < -0.4 is 34.6 Å². The number of ether oxygens (including phenoxy) is 3. The number of nitrogens with one attached hydrogen (secondary N) is 2. The molecule has 0 spiro atoms. The molecule has 0 saturated carbocycles. The van der Waals surface area contributed by atoms with Crippen LogP contribution in [-0.4, -0.2) is 71.6 Å². The summed E-state index contributed by atoms with van der Waals surface area (Å²) in [4.78, 5) is 57.1. The number of anilines is 3. The zero-order valence-corrected chi connectivity index (χ0v) is 42.2. The number of aryl methyl sites for hydroxylation is 2. The summed E-state index contributed by atoms with van der Waals surface area (Å²) in [6.07, 6.45) is 5.76. The third-order valence-electron chi connectivity index (χ3n) is 13.9. The Morgan fingerprint density at radius 2 is 1.39 bits per heavy atom. The lowest BCUT2D eigenvalue weighted by molar-refractivity contribution is -0.120. The molecule has 12 nitrogen and oxygen atoms in total. The second kappa shape index (κ2) is 21.2. The number of para-hydroxylation sites is 2. The van der Waals surface area contributed by atoms with Crippen molar-refractivity contribution in [1.82, 2.24) is 5.32 Å². The summed E-state index contributed by atoms with van der Waals surface area (Å²) in [5.41, 5.74) is 9.90. The SMILES string of the molecule is CNC(=O)CCCSSC(C)(C)CCCC(=O)Nc1cc(COc2cc3c(cc2C)C(=O)N2c4ccccc4C[C@H]2C(O)C3)cc(COc2cc3c(cc2OC)C(=O)N2c4ccccc4C[C@H]2CC3)c1. The average Bonchev–Trinajstić information content (AvgIpc) is 3.87. The van der Waals surface area contributed by atoms with Crippen LogP contribution in [0, 0.1) is 6.92 Å². The molecule has 0 saturated heterocycles. The van der Waals surface area contributed by atoms with E-state index in [2.05, 4.69) is 30.5 Å². The van der Waals surface area contributed by atoms with Gasteiger partial charge in [0.1, 0.15) is 19.0 Å². The Labute approximate surface area is 418 Å². The molecule has 0 bridgehead atoms. The molecule has 4 aliphatic rings. The van der Waals surface area contributed by atoms with Gasteiger partial charge >= 0.3 is 0 Å². The molecule has 4 amide bonds. The molecular weight excluding hydrogens is 921 g/mol. The highest BCUT2D eigenvalue weighted by Gasteiger charge is 2.42. The number of nitrogens with zero attached hydrogens (tertiary/aromatic N) is 2. The molecule has 3 atom stereocenters. The molecule has 5 aromatic carbocycles. The van der Waals surface area contributed by atoms with Crippen molar-refractivity contribution in [3.63, 3.8) is 0 Å². The highest BCUT2D eigenvalue weighted by Crippen LogP contribution is 2.43. The average molecular weight is 983 g/mol. The van der Waals surface area contributed by atoms with Gasteiger partial charge in [0.15, 0.2) is 11.5 Å². The lowest BCUT2D eigenvalue weighted by Crippen LogP contribution is -2.43. The third-order valence-corrected chi connectivity index (χ3v) is 17.3. The number of hydrogen-bond donors (Lipinski definition) is 3. The van der Waals surface area contributed by atoms with Crippen LogP contribution >= 0.6 is 21.6 Å². The Hall–Kier alpha value is -5.96. The second-order valence-electron chi connectivity index (χ2n) is 19.4. The fraction of sp³-hybridized carbons (Fsp3) is 0.393. The van der Waals surface area contributed by atoms with Crippen LogP contribution in [0.1, 0.15) is 112 Å². The molecule has 366 valence electrons. The molecule has 14 heteroatoms. The number of aliphatic hydroxyl groups excluding tert-OH is 1. The molecule has 0 aromatic heterocycles. The molecule has 0 radical (unpaired) electrons. The van der Waals surface area contributed by atoms with Crippen LogP contribution in [-0.2, 0) is 48.5 Å². The Morgan fingerprint density at radius 3 is 2.11 bits per heavy atom. The van der Waals surface area contributed by atoms with Crippen LogP contribution in [0.25, 0.3) is 0 Å². The van der Waals surface area contributed by atoms with Crippen LogP contribution in [0.3, 0.4) is 0 Å². The topological polar surface area (TPSA) is 147 Å². The highest BCUT2D eigenvalue weighted by molar-refractivity contribution is 8.77. The Morgan fingerprint density at radius 1 is 0.743 bits per heavy atom. The lowest BCUT2D eigenvalue weighted by Gasteiger charge is -2.26. The summed E-state index contributed by atoms with van der Waals surface area (Å²) >= 11 is 0. The van der Waals surface area contributed by atoms with Gasteiger partial charge in [0.05, 0.1) is 19.3 Å². The van der Waals surface area contributed by atoms with E-state index >= 15 is 0 Å². The van der Waals surface area contributed by atoms with Crippen molar-refractivity contribution >= 4 is 62.3 Å². The number of benzene rings is 5. The number of fused-ring (bicyclic) bond motifs is 8. The van der Waals surface area contributed by atoms with E-state index < -0.39 is 6.10 Å². The van der Waals surface area contributed by atoms with Gasteiger partial charge in [-0.15, -0.1) is 0 Å². The van der Waals surface area contributed by atoms with Crippen LogP contribution in [0.15, 0.2) is 91.0 Å². The predicted octanol–water partition coefficient (Wildman–Crippen LogP) is 9.96. The summed E-state index contributed by atoms with van der Waals surface area (Å²) in [7, 11) is 6.79. The van der Waals surface area contributed by atoms with Crippen molar-refractivity contribution < 1.29 is 38.5 Å². The van der Waals surface area contributed by atoms with Gasteiger partial charge < -0.3 is 39.8 Å². The number of amides is 4. The van der Waals surface area contributed by atoms with Gasteiger partial charge in [0, 0.05) is 71.0 Å². The Kier molecular flexibility index (Phi) is 14.8. The fourth-order valence-corrected chi connectivity index (χ4v) is 13.0. The van der Waals surface area contributed by atoms with E-state index in [1.807, 2.05) is 90.7 Å². The van der Waals surface area contributed by atoms with Gasteiger partial charge in [-0.3, -0.25) is 19.2 Å². The van der Waals surface area contributed by atoms with E-state index in [0.717, 1.165) is 82.6 Å². The smallest absolute Gasteiger partial charge is 0.258 e. The number of carbonyl (C=O) groups excluding carboxylic acids is 4. The maximum Gasteiger partial charge on any atom is 0.258 e. The van der Waals surface area contributed by atoms with E-state index in [1.54, 1.807) is 46.7 Å². The number of rotatable bonds is 18. The summed E-state index contributed by atoms with van der Waals surface area (Å²) in [6, 6.07) is 29.0. The van der Waals surface area contributed by atoms with Crippen molar-refractivity contribution in [2.24, 2.45) is 0 Å². The number of methoxy groups -OCH3 is 1. The minimum atomic E-state index is -0.750. The third kappa shape index (κ3) is 10.7. The molecule has 1 unspecified atom stereocenters. The van der Waals surface area contributed by atoms with Crippen molar-refractivity contribution in [3.05, 3.63) is 141 Å². The van der Waals surface area contributed by atoms with Gasteiger partial charge in [0.2, 0.25) is 11.8 Å². The minimum Gasteiger partial charge on any atom is -0.493 e. The van der Waals surface area contributed by atoms with Gasteiger partial charge in [0.25, 0.3) is 11.8 Å². The first kappa shape index (κ1) is 49.0. The van der Waals surface area contributed by atoms with E-state index in [9.17, 15) is 24.3 Å². The number of aliphatic hydroxyl groups is 1. The second-order valence-corrected chi connectivity index (χ2v) is 22.6. The maximum atomic E-state index is 14.1. The van der Waals surface area contributed by atoms with Gasteiger partial charge in [-0.1, -0.05) is 58.0 Å². The summed E-state index contributed by atoms with van der Waals surface area (Å²) in [5.74, 6) is 2.27. The lowest BCUT2D eigenvalue weighted by atomic mass is 9.96. The van der Waals surface area contributed by atoms with E-state index in [4.69, 9.17) is 14.2 Å². The monoisotopic (exact) mass is 982 g/mol. The molecule has 9 rings (SSSR count). The van der Waals surface area contributed by atoms with E-state index in [1.165, 1.54) is 5.56 Å². The molecule has 3 N–H and O–H groups in total. The van der Waals surface area contributed by atoms with Crippen LogP contribution in [0.2, 0.25) is 0 Å². The molecule has 70 heavy (non-hydrogen) atoms. The van der Waals surface area contributed by atoms with Gasteiger partial charge in [-0.25, -0.2) is 0 Å². The van der Waals surface area contributed by atoms with Crippen LogP contribution in [0.4, 0.5) is 17.1 Å². The molecule has 0 aliphatic carbocycles. The minimum absolute atomic E-state index is 0.0327. The zero-order chi connectivity index (χ0) is 49.1. The summed E-state index contributed by atoms with van der Waals surface area (Å²) in [5, 5.41) is 17.3. The van der Waals surface area contributed by atoms with Crippen molar-refractivity contribution in [2.45, 2.75) is 121 Å². The molecular formula is C56H62N4O8S2. The standard InChI is InChI=1S/C56H62N4O8S2/c1-34-22-43-40(28-48(61)47-27-39-13-7-9-15-46(39)60(47)55(43)65)30-49(34)67-32-35-23-36(25-41(24-35)58-53(63)16-10-20-56(2,3)70-69-21-11-17-52(62)57-4)33-68-51-29-37-18-19-42-26-38-12-6-8-14-45(38)59(42)54(64)44(37)31-50(51)66-5/h6-9,12-15,22-25,29-31,42,47-48,61H,10-11,16-21,26-28,32-33H2,1-5H3,(H,57,62)(H,58,63)/t42-,47+,48?/m1/s1. The first-order valence-corrected chi connectivity index (χ1v) is 26.7. The highest BCUT2D eigenvalue weighted by atomic mass is 33.1. The first-order valence-electron chi connectivity index (χ1n) is 24.3. The maximum absolute atomic E-state index is 14.1. The summed E-state index contributed by atoms with van der Waals surface area (Å²) < 4.78 is 18.9. The van der Waals surface area contributed by atoms with E-state index in [0.29, 0.717) is 66.2 Å². The normalized spacial score (nSPS) is 17.8. The molecule has 4 heterocycles. The zero-order valence-electron chi connectivity index (χ0n) is 40.6. The largest absolute Gasteiger partial charge is 0.493 e. The van der Waals surface area contributed by atoms with Crippen LogP contribution in [0.5, 0.6) is 17.2 Å². The van der Waals surface area contributed by atoms with Gasteiger partial charge in [-0.2, -0.15) is 0 Å².